The molecule has 0 bridgehead atoms. The maximum absolute atomic E-state index is 7.11. The number of unbranched alkanes of at least 4 members (excludes halogenated alkanes) is 1. The first-order valence-corrected chi connectivity index (χ1v) is 29.5. The van der Waals surface area contributed by atoms with Crippen LogP contribution in [0, 0.1) is 0 Å². The van der Waals surface area contributed by atoms with Crippen LogP contribution >= 0.6 is 34.1 Å². The zero-order valence-corrected chi connectivity index (χ0v) is 25.2. The minimum atomic E-state index is -3.33. The number of allylic oxidation sites excluding steroid dienone is 2. The Morgan fingerprint density at radius 3 is 1.40 bits per heavy atom. The third-order valence-electron chi connectivity index (χ3n) is 6.41. The standard InChI is InChI=1S/2C10H9.C4H8.4ClH.2Zr/c2*1-8-6-9-4-2-3-5-10(9)7-8;1-3-4-2;;;;;;/h2*2-7H,1H3;1-4H2;4*1H;;/q;;;;;;;2*+2/p-4. The third kappa shape index (κ3) is 4.86. The van der Waals surface area contributed by atoms with Crippen molar-refractivity contribution in [2.45, 2.75) is 42.2 Å². The predicted octanol–water partition coefficient (Wildman–Crippen LogP) is 9.84. The van der Waals surface area contributed by atoms with Gasteiger partial charge >= 0.3 is 206 Å². The molecule has 2 aliphatic rings. The number of benzene rings is 2. The van der Waals surface area contributed by atoms with Crippen molar-refractivity contribution >= 4 is 46.2 Å². The number of fused-ring (bicyclic) bond motifs is 2. The van der Waals surface area contributed by atoms with Gasteiger partial charge in [0.1, 0.15) is 0 Å². The van der Waals surface area contributed by atoms with Gasteiger partial charge in [-0.1, -0.05) is 0 Å². The average Bonchev–Trinajstić information content (AvgIpc) is 3.21. The summed E-state index contributed by atoms with van der Waals surface area (Å²) in [4.78, 5) is 0. The van der Waals surface area contributed by atoms with Crippen molar-refractivity contribution in [3.8, 4) is 0 Å². The van der Waals surface area contributed by atoms with E-state index >= 15 is 0 Å². The fourth-order valence-electron chi connectivity index (χ4n) is 5.09. The summed E-state index contributed by atoms with van der Waals surface area (Å²) in [6, 6.07) is 17.0. The maximum atomic E-state index is 7.11. The normalized spacial score (nSPS) is 20.6. The Morgan fingerprint density at radius 2 is 1.00 bits per heavy atom. The number of hydrogen-bond donors (Lipinski definition) is 0. The summed E-state index contributed by atoms with van der Waals surface area (Å²) in [6.07, 6.45) is 6.54. The Kier molecular flexibility index (Phi) is 7.68. The third-order valence-corrected chi connectivity index (χ3v) is 29.0. The van der Waals surface area contributed by atoms with E-state index in [1.165, 1.54) is 33.4 Å². The molecule has 0 radical (unpaired) electrons. The van der Waals surface area contributed by atoms with Gasteiger partial charge in [-0.05, 0) is 0 Å². The van der Waals surface area contributed by atoms with E-state index in [4.69, 9.17) is 34.1 Å². The van der Waals surface area contributed by atoms with E-state index in [2.05, 4.69) is 74.5 Å². The van der Waals surface area contributed by atoms with E-state index in [-0.39, 0.29) is 7.25 Å². The Balaban J connectivity index is 1.38. The first kappa shape index (κ1) is 24.0. The number of rotatable bonds is 7. The molecule has 0 heterocycles. The van der Waals surface area contributed by atoms with Gasteiger partial charge in [0.05, 0.1) is 0 Å². The van der Waals surface area contributed by atoms with Crippen molar-refractivity contribution in [1.82, 2.24) is 0 Å². The Labute approximate surface area is 203 Å². The van der Waals surface area contributed by atoms with Crippen LogP contribution in [0.4, 0.5) is 0 Å². The molecular weight excluding hydrogens is 613 g/mol. The molecule has 0 aliphatic heterocycles. The molecule has 0 nitrogen and oxygen atoms in total. The van der Waals surface area contributed by atoms with Crippen LogP contribution in [0.25, 0.3) is 12.2 Å². The Hall–Kier alpha value is 0.846. The van der Waals surface area contributed by atoms with Gasteiger partial charge in [0, 0.05) is 0 Å². The van der Waals surface area contributed by atoms with Crippen molar-refractivity contribution in [3.05, 3.63) is 81.9 Å². The van der Waals surface area contributed by atoms with Crippen LogP contribution in [0.2, 0.25) is 8.26 Å². The van der Waals surface area contributed by atoms with Gasteiger partial charge in [0.25, 0.3) is 0 Å². The zero-order valence-electron chi connectivity index (χ0n) is 17.3. The Bertz CT molecular complexity index is 928. The van der Waals surface area contributed by atoms with Gasteiger partial charge in [-0.3, -0.25) is 0 Å². The second-order valence-electron chi connectivity index (χ2n) is 8.63. The van der Waals surface area contributed by atoms with Gasteiger partial charge in [-0.25, -0.2) is 0 Å². The molecule has 6 heteroatoms. The number of hydrogen-bond acceptors (Lipinski definition) is 0. The van der Waals surface area contributed by atoms with Gasteiger partial charge in [0.2, 0.25) is 0 Å². The SMILES string of the molecule is CC1=Cc2ccccc2[CH]1[Zr]([Cl])([Cl])[CH2]CC[CH2][Zr]([Cl])([Cl])[CH]1C(C)=Cc2ccccc21. The van der Waals surface area contributed by atoms with E-state index < -0.39 is 35.8 Å². The van der Waals surface area contributed by atoms with Crippen molar-refractivity contribution < 1.29 is 35.8 Å². The number of halogens is 4. The average molecular weight is 639 g/mol. The Morgan fingerprint density at radius 1 is 0.633 bits per heavy atom. The monoisotopic (exact) mass is 634 g/mol. The van der Waals surface area contributed by atoms with Crippen molar-refractivity contribution in [2.75, 3.05) is 0 Å². The molecule has 2 aromatic carbocycles. The van der Waals surface area contributed by atoms with Crippen LogP contribution in [0.15, 0.2) is 59.7 Å². The van der Waals surface area contributed by atoms with E-state index in [1.54, 1.807) is 0 Å². The summed E-state index contributed by atoms with van der Waals surface area (Å²) < 4.78 is 2.39. The molecule has 0 saturated carbocycles. The summed E-state index contributed by atoms with van der Waals surface area (Å²) in [5.74, 6) is 0. The molecule has 0 aromatic heterocycles. The predicted molar refractivity (Wildman–Crippen MR) is 128 cm³/mol. The first-order chi connectivity index (χ1) is 14.2. The van der Waals surface area contributed by atoms with Crippen LogP contribution in [-0.2, 0) is 35.8 Å². The molecule has 158 valence electrons. The molecular formula is C24H26Cl4Zr2. The second-order valence-corrected chi connectivity index (χ2v) is 39.7. The van der Waals surface area contributed by atoms with Crippen LogP contribution in [0.1, 0.15) is 56.2 Å². The molecule has 0 saturated heterocycles. The molecule has 0 amide bonds. The second kappa shape index (κ2) is 9.61. The quantitative estimate of drug-likeness (QED) is 0.265. The van der Waals surface area contributed by atoms with Crippen molar-refractivity contribution in [2.24, 2.45) is 0 Å². The summed E-state index contributed by atoms with van der Waals surface area (Å²) in [5.41, 5.74) is 7.85. The molecule has 0 N–H and O–H groups in total. The molecule has 4 rings (SSSR count). The minimum absolute atomic E-state index is 0.256. The molecule has 30 heavy (non-hydrogen) atoms. The summed E-state index contributed by atoms with van der Waals surface area (Å²) in [7, 11) is 28.4. The topological polar surface area (TPSA) is 0 Å². The fourth-order valence-corrected chi connectivity index (χ4v) is 27.3. The van der Waals surface area contributed by atoms with Crippen molar-refractivity contribution in [1.29, 1.82) is 0 Å². The van der Waals surface area contributed by atoms with Crippen molar-refractivity contribution in [3.63, 3.8) is 0 Å². The molecule has 0 fully saturated rings. The van der Waals surface area contributed by atoms with Gasteiger partial charge in [-0.15, -0.1) is 0 Å². The van der Waals surface area contributed by atoms with E-state index in [0.29, 0.717) is 0 Å². The molecule has 0 spiro atoms. The summed E-state index contributed by atoms with van der Waals surface area (Å²) in [6.45, 7) is 4.35. The van der Waals surface area contributed by atoms with Crippen LogP contribution < -0.4 is 0 Å². The molecule has 2 aromatic rings. The van der Waals surface area contributed by atoms with Gasteiger partial charge in [0.15, 0.2) is 0 Å². The van der Waals surface area contributed by atoms with Gasteiger partial charge < -0.3 is 0 Å². The van der Waals surface area contributed by atoms with E-state index in [9.17, 15) is 0 Å². The van der Waals surface area contributed by atoms with Gasteiger partial charge in [-0.2, -0.15) is 0 Å². The molecule has 2 aliphatic carbocycles. The molecule has 2 unspecified atom stereocenters. The van der Waals surface area contributed by atoms with E-state index in [0.717, 1.165) is 21.1 Å². The van der Waals surface area contributed by atoms with Crippen LogP contribution in [0.3, 0.4) is 0 Å². The van der Waals surface area contributed by atoms with Crippen LogP contribution in [-0.4, -0.2) is 0 Å². The fraction of sp³-hybridized carbons (Fsp3) is 0.333. The van der Waals surface area contributed by atoms with E-state index in [1.807, 2.05) is 0 Å². The molecule has 2 atom stereocenters. The summed E-state index contributed by atoms with van der Waals surface area (Å²) >= 11 is -6.67. The first-order valence-electron chi connectivity index (χ1n) is 10.5. The van der Waals surface area contributed by atoms with Crippen LogP contribution in [0.5, 0.6) is 0 Å². The zero-order chi connectivity index (χ0) is 21.5. The summed E-state index contributed by atoms with van der Waals surface area (Å²) in [5, 5.41) is 0.